The first kappa shape index (κ1) is 15.8. The van der Waals surface area contributed by atoms with Crippen molar-refractivity contribution in [3.05, 3.63) is 0 Å². The molecule has 2 bridgehead atoms. The number of fused-ring (bicyclic) bond motifs is 2. The molecule has 106 valence electrons. The first-order valence-electron chi connectivity index (χ1n) is 7.20. The number of likely N-dealkylation sites (N-methyl/N-ethyl adjacent to an activating group) is 1. The van der Waals surface area contributed by atoms with E-state index in [1.54, 1.807) is 0 Å². The second-order valence-corrected chi connectivity index (χ2v) is 5.69. The average Bonchev–Trinajstić information content (AvgIpc) is 2.92. The third-order valence-electron chi connectivity index (χ3n) is 4.81. The van der Waals surface area contributed by atoms with E-state index in [-0.39, 0.29) is 24.4 Å². The summed E-state index contributed by atoms with van der Waals surface area (Å²) in [6.07, 6.45) is 5.30. The van der Waals surface area contributed by atoms with Crippen molar-refractivity contribution >= 4 is 18.3 Å². The van der Waals surface area contributed by atoms with Crippen molar-refractivity contribution in [3.63, 3.8) is 0 Å². The van der Waals surface area contributed by atoms with Gasteiger partial charge in [0.05, 0.1) is 6.04 Å². The molecule has 0 aliphatic heterocycles. The van der Waals surface area contributed by atoms with Crippen LogP contribution >= 0.6 is 12.4 Å². The molecule has 4 atom stereocenters. The van der Waals surface area contributed by atoms with Gasteiger partial charge in [-0.25, -0.2) is 0 Å². The number of halogens is 1. The predicted molar refractivity (Wildman–Crippen MR) is 77.0 cm³/mol. The Morgan fingerprint density at radius 1 is 1.28 bits per heavy atom. The zero-order valence-electron chi connectivity index (χ0n) is 11.8. The number of nitrogens with one attached hydrogen (secondary N) is 1. The Morgan fingerprint density at radius 3 is 2.39 bits per heavy atom. The largest absolute Gasteiger partial charge is 0.352 e. The summed E-state index contributed by atoms with van der Waals surface area (Å²) >= 11 is 0. The lowest BCUT2D eigenvalue weighted by Gasteiger charge is -2.29. The third-order valence-corrected chi connectivity index (χ3v) is 4.81. The van der Waals surface area contributed by atoms with Crippen LogP contribution < -0.4 is 5.32 Å². The normalized spacial score (nSPS) is 31.2. The van der Waals surface area contributed by atoms with Gasteiger partial charge in [0.15, 0.2) is 0 Å². The van der Waals surface area contributed by atoms with Gasteiger partial charge in [0.1, 0.15) is 0 Å². The molecule has 2 rings (SSSR count). The van der Waals surface area contributed by atoms with E-state index in [2.05, 4.69) is 24.1 Å². The van der Waals surface area contributed by atoms with Crippen LogP contribution in [0.15, 0.2) is 0 Å². The first-order chi connectivity index (χ1) is 8.15. The van der Waals surface area contributed by atoms with E-state index in [9.17, 15) is 4.79 Å². The zero-order valence-corrected chi connectivity index (χ0v) is 12.6. The highest BCUT2D eigenvalue weighted by atomic mass is 35.5. The lowest BCUT2D eigenvalue weighted by Crippen LogP contribution is -2.49. The Kier molecular flexibility index (Phi) is 5.93. The van der Waals surface area contributed by atoms with E-state index >= 15 is 0 Å². The van der Waals surface area contributed by atoms with Crippen LogP contribution in [0.25, 0.3) is 0 Å². The minimum Gasteiger partial charge on any atom is -0.352 e. The zero-order chi connectivity index (χ0) is 12.4. The van der Waals surface area contributed by atoms with Crippen LogP contribution in [0.4, 0.5) is 0 Å². The van der Waals surface area contributed by atoms with Crippen LogP contribution in [0.2, 0.25) is 0 Å². The molecule has 0 aromatic rings. The van der Waals surface area contributed by atoms with Crippen LogP contribution in [0.1, 0.15) is 46.5 Å². The van der Waals surface area contributed by atoms with Gasteiger partial charge in [-0.15, -0.1) is 12.4 Å². The standard InChI is InChI=1S/C14H26N2O.ClH/c1-4-16(5-2)10(3)14(17)15-13-9-11-6-7-12(13)8-11;/h10-13H,4-9H2,1-3H3,(H,15,17);1H. The molecule has 4 unspecified atom stereocenters. The summed E-state index contributed by atoms with van der Waals surface area (Å²) < 4.78 is 0. The van der Waals surface area contributed by atoms with Crippen molar-refractivity contribution in [3.8, 4) is 0 Å². The Morgan fingerprint density at radius 2 is 1.94 bits per heavy atom. The Balaban J connectivity index is 0.00000162. The molecule has 3 nitrogen and oxygen atoms in total. The summed E-state index contributed by atoms with van der Waals surface area (Å²) in [5, 5.41) is 3.28. The Labute approximate surface area is 117 Å². The summed E-state index contributed by atoms with van der Waals surface area (Å²) in [4.78, 5) is 14.4. The fourth-order valence-electron chi connectivity index (χ4n) is 3.66. The molecule has 0 aromatic carbocycles. The summed E-state index contributed by atoms with van der Waals surface area (Å²) in [7, 11) is 0. The van der Waals surface area contributed by atoms with Crippen molar-refractivity contribution in [1.82, 2.24) is 10.2 Å². The van der Waals surface area contributed by atoms with Gasteiger partial charge in [0, 0.05) is 6.04 Å². The van der Waals surface area contributed by atoms with E-state index in [4.69, 9.17) is 0 Å². The minimum atomic E-state index is 0. The van der Waals surface area contributed by atoms with Crippen LogP contribution in [-0.4, -0.2) is 36.0 Å². The number of carbonyl (C=O) groups is 1. The SMILES string of the molecule is CCN(CC)C(C)C(=O)NC1CC2CCC1C2.Cl. The first-order valence-corrected chi connectivity index (χ1v) is 7.20. The molecule has 2 aliphatic carbocycles. The van der Waals surface area contributed by atoms with E-state index in [1.807, 2.05) is 6.92 Å². The van der Waals surface area contributed by atoms with Gasteiger partial charge in [-0.1, -0.05) is 20.3 Å². The van der Waals surface area contributed by atoms with Gasteiger partial charge in [0.2, 0.25) is 5.91 Å². The summed E-state index contributed by atoms with van der Waals surface area (Å²) in [6.45, 7) is 8.15. The molecule has 4 heteroatoms. The van der Waals surface area contributed by atoms with Gasteiger partial charge in [-0.2, -0.15) is 0 Å². The molecule has 0 saturated heterocycles. The van der Waals surface area contributed by atoms with E-state index < -0.39 is 0 Å². The van der Waals surface area contributed by atoms with Gasteiger partial charge in [-0.05, 0) is 51.1 Å². The second-order valence-electron chi connectivity index (χ2n) is 5.69. The third kappa shape index (κ3) is 3.18. The number of rotatable bonds is 5. The van der Waals surface area contributed by atoms with Crippen molar-refractivity contribution in [2.45, 2.75) is 58.5 Å². The number of nitrogens with zero attached hydrogens (tertiary/aromatic N) is 1. The number of carbonyl (C=O) groups excluding carboxylic acids is 1. The van der Waals surface area contributed by atoms with Gasteiger partial charge >= 0.3 is 0 Å². The van der Waals surface area contributed by atoms with Crippen LogP contribution in [-0.2, 0) is 4.79 Å². The van der Waals surface area contributed by atoms with Crippen molar-refractivity contribution in [2.24, 2.45) is 11.8 Å². The molecule has 1 N–H and O–H groups in total. The molecule has 0 radical (unpaired) electrons. The van der Waals surface area contributed by atoms with Gasteiger partial charge < -0.3 is 5.32 Å². The van der Waals surface area contributed by atoms with E-state index in [0.717, 1.165) is 24.9 Å². The van der Waals surface area contributed by atoms with Crippen molar-refractivity contribution < 1.29 is 4.79 Å². The van der Waals surface area contributed by atoms with Crippen molar-refractivity contribution in [2.75, 3.05) is 13.1 Å². The smallest absolute Gasteiger partial charge is 0.237 e. The molecule has 2 fully saturated rings. The van der Waals surface area contributed by atoms with E-state index in [0.29, 0.717) is 6.04 Å². The summed E-state index contributed by atoms with van der Waals surface area (Å²) in [5.74, 6) is 1.90. The highest BCUT2D eigenvalue weighted by Crippen LogP contribution is 2.44. The topological polar surface area (TPSA) is 32.3 Å². The Bertz CT molecular complexity index is 281. The summed E-state index contributed by atoms with van der Waals surface area (Å²) in [5.41, 5.74) is 0. The molecule has 18 heavy (non-hydrogen) atoms. The fraction of sp³-hybridized carbons (Fsp3) is 0.929. The number of hydrogen-bond acceptors (Lipinski definition) is 2. The minimum absolute atomic E-state index is 0. The maximum absolute atomic E-state index is 12.2. The second kappa shape index (κ2) is 6.76. The maximum Gasteiger partial charge on any atom is 0.237 e. The lowest BCUT2D eigenvalue weighted by atomic mass is 9.95. The van der Waals surface area contributed by atoms with Gasteiger partial charge in [-0.3, -0.25) is 9.69 Å². The molecule has 2 aliphatic rings. The molecular formula is C14H27ClN2O. The molecular weight excluding hydrogens is 248 g/mol. The van der Waals surface area contributed by atoms with Crippen LogP contribution in [0.3, 0.4) is 0 Å². The number of hydrogen-bond donors (Lipinski definition) is 1. The fourth-order valence-corrected chi connectivity index (χ4v) is 3.66. The molecule has 1 amide bonds. The van der Waals surface area contributed by atoms with E-state index in [1.165, 1.54) is 25.7 Å². The van der Waals surface area contributed by atoms with Crippen molar-refractivity contribution in [1.29, 1.82) is 0 Å². The average molecular weight is 275 g/mol. The highest BCUT2D eigenvalue weighted by molar-refractivity contribution is 5.85. The molecule has 0 heterocycles. The maximum atomic E-state index is 12.2. The molecule has 0 aromatic heterocycles. The highest BCUT2D eigenvalue weighted by Gasteiger charge is 2.40. The molecule has 0 spiro atoms. The van der Waals surface area contributed by atoms with Crippen LogP contribution in [0, 0.1) is 11.8 Å². The number of amides is 1. The van der Waals surface area contributed by atoms with Gasteiger partial charge in [0.25, 0.3) is 0 Å². The predicted octanol–water partition coefficient (Wildman–Crippen LogP) is 2.44. The summed E-state index contributed by atoms with van der Waals surface area (Å²) in [6, 6.07) is 0.489. The Hall–Kier alpha value is -0.280. The molecule has 2 saturated carbocycles. The van der Waals surface area contributed by atoms with Crippen LogP contribution in [0.5, 0.6) is 0 Å². The monoisotopic (exact) mass is 274 g/mol. The quantitative estimate of drug-likeness (QED) is 0.835. The lowest BCUT2D eigenvalue weighted by molar-refractivity contribution is -0.126.